The third-order valence-electron chi connectivity index (χ3n) is 3.17. The van der Waals surface area contributed by atoms with E-state index in [1.165, 1.54) is 11.3 Å². The van der Waals surface area contributed by atoms with Gasteiger partial charge in [0.25, 0.3) is 5.91 Å². The van der Waals surface area contributed by atoms with Crippen LogP contribution in [-0.4, -0.2) is 31.2 Å². The number of rotatable bonds is 8. The number of methoxy groups -OCH3 is 1. The molecule has 8 heteroatoms. The highest BCUT2D eigenvalue weighted by atomic mass is 35.5. The Morgan fingerprint density at radius 3 is 2.92 bits per heavy atom. The summed E-state index contributed by atoms with van der Waals surface area (Å²) in [7, 11) is 1.55. The Morgan fingerprint density at radius 2 is 2.25 bits per heavy atom. The topological polar surface area (TPSA) is 86.5 Å². The molecule has 3 N–H and O–H groups in total. The van der Waals surface area contributed by atoms with Gasteiger partial charge in [-0.25, -0.2) is 4.98 Å². The number of benzene rings is 1. The number of hydrogen-bond donors (Lipinski definition) is 2. The predicted octanol–water partition coefficient (Wildman–Crippen LogP) is 2.64. The lowest BCUT2D eigenvalue weighted by Crippen LogP contribution is -2.23. The van der Waals surface area contributed by atoms with Crippen molar-refractivity contribution >= 4 is 28.8 Å². The summed E-state index contributed by atoms with van der Waals surface area (Å²) in [5, 5.41) is 5.85. The Hall–Kier alpha value is -1.83. The maximum atomic E-state index is 12.2. The molecule has 1 heterocycles. The first kappa shape index (κ1) is 18.5. The molecule has 1 aromatic heterocycles. The fourth-order valence-corrected chi connectivity index (χ4v) is 3.17. The molecule has 0 aliphatic rings. The number of thiazole rings is 1. The number of aromatic nitrogens is 1. The number of nitrogens with two attached hydrogens (primary N) is 1. The summed E-state index contributed by atoms with van der Waals surface area (Å²) in [5.74, 6) is 0.800. The lowest BCUT2D eigenvalue weighted by Gasteiger charge is -2.13. The van der Waals surface area contributed by atoms with Crippen LogP contribution in [0.25, 0.3) is 0 Å². The van der Waals surface area contributed by atoms with Gasteiger partial charge in [-0.3, -0.25) is 4.79 Å². The van der Waals surface area contributed by atoms with Crippen molar-refractivity contribution in [3.05, 3.63) is 38.8 Å². The monoisotopic (exact) mass is 369 g/mol. The second kappa shape index (κ2) is 8.86. The number of halogens is 1. The SMILES string of the molecule is CCOc1c(Cl)cc(CNC(=O)c2csc(CCN)n2)cc1OC. The first-order valence-corrected chi connectivity index (χ1v) is 8.76. The zero-order chi connectivity index (χ0) is 17.5. The van der Waals surface area contributed by atoms with E-state index in [0.717, 1.165) is 10.6 Å². The summed E-state index contributed by atoms with van der Waals surface area (Å²) in [5.41, 5.74) is 6.69. The number of ether oxygens (including phenoxy) is 2. The Bertz CT molecular complexity index is 706. The summed E-state index contributed by atoms with van der Waals surface area (Å²) < 4.78 is 10.8. The van der Waals surface area contributed by atoms with Crippen molar-refractivity contribution in [2.45, 2.75) is 19.9 Å². The Balaban J connectivity index is 2.05. The van der Waals surface area contributed by atoms with Gasteiger partial charge in [-0.05, 0) is 31.2 Å². The van der Waals surface area contributed by atoms with Crippen LogP contribution < -0.4 is 20.5 Å². The van der Waals surface area contributed by atoms with Crippen molar-refractivity contribution in [2.75, 3.05) is 20.3 Å². The largest absolute Gasteiger partial charge is 0.493 e. The molecule has 0 unspecified atom stereocenters. The summed E-state index contributed by atoms with van der Waals surface area (Å²) >= 11 is 7.65. The van der Waals surface area contributed by atoms with E-state index in [4.69, 9.17) is 26.8 Å². The number of amides is 1. The predicted molar refractivity (Wildman–Crippen MR) is 95.2 cm³/mol. The quantitative estimate of drug-likeness (QED) is 0.747. The van der Waals surface area contributed by atoms with Crippen LogP contribution in [0.4, 0.5) is 0 Å². The minimum Gasteiger partial charge on any atom is -0.493 e. The molecule has 0 saturated carbocycles. The second-order valence-corrected chi connectivity index (χ2v) is 6.24. The van der Waals surface area contributed by atoms with Crippen molar-refractivity contribution in [3.8, 4) is 11.5 Å². The standard InChI is InChI=1S/C16H20ClN3O3S/c1-3-23-15-11(17)6-10(7-13(15)22-2)8-19-16(21)12-9-24-14(20-12)4-5-18/h6-7,9H,3-5,8,18H2,1-2H3,(H,19,21). The van der Waals surface area contributed by atoms with Gasteiger partial charge in [0, 0.05) is 18.3 Å². The van der Waals surface area contributed by atoms with Gasteiger partial charge in [-0.2, -0.15) is 0 Å². The number of carbonyl (C=O) groups excluding carboxylic acids is 1. The molecule has 0 spiro atoms. The highest BCUT2D eigenvalue weighted by molar-refractivity contribution is 7.09. The van der Waals surface area contributed by atoms with Crippen molar-refractivity contribution in [1.82, 2.24) is 10.3 Å². The molecule has 0 aliphatic heterocycles. The molecule has 1 aromatic carbocycles. The van der Waals surface area contributed by atoms with E-state index in [1.54, 1.807) is 24.6 Å². The normalized spacial score (nSPS) is 10.5. The van der Waals surface area contributed by atoms with Gasteiger partial charge in [0.05, 0.1) is 23.7 Å². The Morgan fingerprint density at radius 1 is 1.46 bits per heavy atom. The number of hydrogen-bond acceptors (Lipinski definition) is 6. The molecule has 6 nitrogen and oxygen atoms in total. The van der Waals surface area contributed by atoms with Gasteiger partial charge in [0.2, 0.25) is 0 Å². The van der Waals surface area contributed by atoms with Crippen LogP contribution in [0.15, 0.2) is 17.5 Å². The van der Waals surface area contributed by atoms with Crippen molar-refractivity contribution in [2.24, 2.45) is 5.73 Å². The first-order valence-electron chi connectivity index (χ1n) is 7.50. The van der Waals surface area contributed by atoms with Gasteiger partial charge >= 0.3 is 0 Å². The van der Waals surface area contributed by atoms with E-state index in [2.05, 4.69) is 10.3 Å². The molecule has 2 aromatic rings. The molecule has 0 radical (unpaired) electrons. The smallest absolute Gasteiger partial charge is 0.271 e. The molecule has 1 amide bonds. The van der Waals surface area contributed by atoms with Crippen LogP contribution in [0.2, 0.25) is 5.02 Å². The maximum absolute atomic E-state index is 12.2. The van der Waals surface area contributed by atoms with Gasteiger partial charge < -0.3 is 20.5 Å². The maximum Gasteiger partial charge on any atom is 0.271 e. The molecule has 130 valence electrons. The lowest BCUT2D eigenvalue weighted by atomic mass is 10.2. The summed E-state index contributed by atoms with van der Waals surface area (Å²) in [4.78, 5) is 16.4. The van der Waals surface area contributed by atoms with Gasteiger partial charge in [0.1, 0.15) is 5.69 Å². The summed E-state index contributed by atoms with van der Waals surface area (Å²) in [6.45, 7) is 3.18. The Kier molecular flexibility index (Phi) is 6.84. The van der Waals surface area contributed by atoms with E-state index >= 15 is 0 Å². The fourth-order valence-electron chi connectivity index (χ4n) is 2.09. The van der Waals surface area contributed by atoms with Crippen molar-refractivity contribution in [3.63, 3.8) is 0 Å². The summed E-state index contributed by atoms with van der Waals surface area (Å²) in [6, 6.07) is 3.54. The highest BCUT2D eigenvalue weighted by Gasteiger charge is 2.14. The van der Waals surface area contributed by atoms with Crippen molar-refractivity contribution < 1.29 is 14.3 Å². The van der Waals surface area contributed by atoms with E-state index in [1.807, 2.05) is 6.92 Å². The van der Waals surface area contributed by atoms with Gasteiger partial charge in [0.15, 0.2) is 11.5 Å². The first-order chi connectivity index (χ1) is 11.6. The fraction of sp³-hybridized carbons (Fsp3) is 0.375. The average molecular weight is 370 g/mol. The minimum atomic E-state index is -0.238. The molecule has 0 atom stereocenters. The zero-order valence-electron chi connectivity index (χ0n) is 13.6. The van der Waals surface area contributed by atoms with E-state index < -0.39 is 0 Å². The lowest BCUT2D eigenvalue weighted by molar-refractivity contribution is 0.0946. The van der Waals surface area contributed by atoms with E-state index in [-0.39, 0.29) is 5.91 Å². The molecule has 0 saturated heterocycles. The molecule has 0 aliphatic carbocycles. The van der Waals surface area contributed by atoms with Crippen LogP contribution in [0.1, 0.15) is 28.0 Å². The van der Waals surface area contributed by atoms with Crippen LogP contribution in [0, 0.1) is 0 Å². The minimum absolute atomic E-state index is 0.238. The second-order valence-electron chi connectivity index (χ2n) is 4.89. The third kappa shape index (κ3) is 4.59. The molecular weight excluding hydrogens is 350 g/mol. The number of carbonyl (C=O) groups is 1. The van der Waals surface area contributed by atoms with Gasteiger partial charge in [-0.15, -0.1) is 11.3 Å². The third-order valence-corrected chi connectivity index (χ3v) is 4.36. The molecule has 24 heavy (non-hydrogen) atoms. The summed E-state index contributed by atoms with van der Waals surface area (Å²) in [6.07, 6.45) is 0.670. The molecular formula is C16H20ClN3O3S. The zero-order valence-corrected chi connectivity index (χ0v) is 15.2. The average Bonchev–Trinajstić information content (AvgIpc) is 3.04. The molecule has 0 bridgehead atoms. The van der Waals surface area contributed by atoms with Gasteiger partial charge in [-0.1, -0.05) is 11.6 Å². The van der Waals surface area contributed by atoms with Crippen molar-refractivity contribution in [1.29, 1.82) is 0 Å². The highest BCUT2D eigenvalue weighted by Crippen LogP contribution is 2.36. The number of nitrogens with zero attached hydrogens (tertiary/aromatic N) is 1. The molecule has 2 rings (SSSR count). The van der Waals surface area contributed by atoms with Crippen LogP contribution >= 0.6 is 22.9 Å². The van der Waals surface area contributed by atoms with Crippen LogP contribution in [-0.2, 0) is 13.0 Å². The van der Waals surface area contributed by atoms with Crippen LogP contribution in [0.5, 0.6) is 11.5 Å². The van der Waals surface area contributed by atoms with Crippen LogP contribution in [0.3, 0.4) is 0 Å². The molecule has 0 fully saturated rings. The van der Waals surface area contributed by atoms with E-state index in [0.29, 0.717) is 48.3 Å². The Labute approximate surface area is 149 Å². The van der Waals surface area contributed by atoms with E-state index in [9.17, 15) is 4.79 Å². The number of nitrogens with one attached hydrogen (secondary N) is 1.